The molecule has 522 valence electrons. The minimum atomic E-state index is -4.95. The van der Waals surface area contributed by atoms with E-state index in [0.717, 1.165) is 115 Å². The van der Waals surface area contributed by atoms with Crippen molar-refractivity contribution in [2.45, 2.75) is 374 Å². The zero-order valence-corrected chi connectivity index (χ0v) is 58.6. The van der Waals surface area contributed by atoms with Crippen molar-refractivity contribution in [2.24, 2.45) is 5.92 Å². The third-order valence-electron chi connectivity index (χ3n) is 16.4. The van der Waals surface area contributed by atoms with Gasteiger partial charge in [0.1, 0.15) is 19.3 Å². The van der Waals surface area contributed by atoms with Crippen LogP contribution in [-0.2, 0) is 65.4 Å². The van der Waals surface area contributed by atoms with E-state index in [-0.39, 0.29) is 25.7 Å². The van der Waals surface area contributed by atoms with Gasteiger partial charge in [-0.3, -0.25) is 37.3 Å². The highest BCUT2D eigenvalue weighted by Gasteiger charge is 2.30. The van der Waals surface area contributed by atoms with Crippen LogP contribution in [0.5, 0.6) is 0 Å². The van der Waals surface area contributed by atoms with E-state index >= 15 is 0 Å². The SMILES string of the molecule is CCCCCCCCCCCCCC(=O)OC[C@H](COP(=O)(O)OC[C@@H](O)COP(=O)(O)OC[C@@H](COC(=O)CCCCCCCCC)OC(=O)CCCCCCCCCC)OC(=O)CCCCCCCCCCCCCCCCCCCCC(C)CC. The second-order valence-corrected chi connectivity index (χ2v) is 28.1. The Bertz CT molecular complexity index is 1710. The summed E-state index contributed by atoms with van der Waals surface area (Å²) in [6.07, 6.45) is 48.8. The maximum absolute atomic E-state index is 13.0. The van der Waals surface area contributed by atoms with Gasteiger partial charge < -0.3 is 33.8 Å². The van der Waals surface area contributed by atoms with Crippen LogP contribution < -0.4 is 0 Å². The molecular weight excluding hydrogens is 1160 g/mol. The fourth-order valence-electron chi connectivity index (χ4n) is 10.4. The van der Waals surface area contributed by atoms with E-state index in [1.807, 2.05) is 0 Å². The molecule has 19 heteroatoms. The molecule has 0 spiro atoms. The summed E-state index contributed by atoms with van der Waals surface area (Å²) in [5, 5.41) is 10.5. The van der Waals surface area contributed by atoms with Gasteiger partial charge in [-0.1, -0.05) is 304 Å². The van der Waals surface area contributed by atoms with Crippen LogP contribution in [0.3, 0.4) is 0 Å². The first-order valence-electron chi connectivity index (χ1n) is 36.2. The van der Waals surface area contributed by atoms with Crippen molar-refractivity contribution >= 4 is 39.5 Å². The molecule has 0 saturated heterocycles. The highest BCUT2D eigenvalue weighted by Crippen LogP contribution is 2.45. The maximum atomic E-state index is 13.0. The van der Waals surface area contributed by atoms with Crippen LogP contribution in [0.15, 0.2) is 0 Å². The van der Waals surface area contributed by atoms with E-state index < -0.39 is 97.5 Å². The summed E-state index contributed by atoms with van der Waals surface area (Å²) in [6, 6.07) is 0. The lowest BCUT2D eigenvalue weighted by Crippen LogP contribution is -2.30. The summed E-state index contributed by atoms with van der Waals surface area (Å²) >= 11 is 0. The lowest BCUT2D eigenvalue weighted by Gasteiger charge is -2.21. The molecule has 3 N–H and O–H groups in total. The van der Waals surface area contributed by atoms with Gasteiger partial charge in [0.25, 0.3) is 0 Å². The van der Waals surface area contributed by atoms with Crippen LogP contribution in [0.25, 0.3) is 0 Å². The Morgan fingerprint density at radius 3 is 0.807 bits per heavy atom. The quantitative estimate of drug-likeness (QED) is 0.0222. The summed E-state index contributed by atoms with van der Waals surface area (Å²) < 4.78 is 68.0. The number of carbonyl (C=O) groups excluding carboxylic acids is 4. The van der Waals surface area contributed by atoms with Crippen molar-refractivity contribution in [2.75, 3.05) is 39.6 Å². The summed E-state index contributed by atoms with van der Waals surface area (Å²) in [6.45, 7) is 7.23. The van der Waals surface area contributed by atoms with Gasteiger partial charge in [0.2, 0.25) is 0 Å². The Balaban J connectivity index is 5.09. The summed E-state index contributed by atoms with van der Waals surface area (Å²) in [5.74, 6) is -1.26. The van der Waals surface area contributed by atoms with E-state index in [0.29, 0.717) is 25.7 Å². The monoisotopic (exact) mass is 1300 g/mol. The second kappa shape index (κ2) is 62.5. The molecule has 0 aromatic carbocycles. The lowest BCUT2D eigenvalue weighted by atomic mass is 9.99. The Hall–Kier alpha value is -1.94. The predicted octanol–water partition coefficient (Wildman–Crippen LogP) is 19.7. The molecule has 0 amide bonds. The van der Waals surface area contributed by atoms with E-state index in [9.17, 15) is 43.2 Å². The highest BCUT2D eigenvalue weighted by molar-refractivity contribution is 7.47. The average Bonchev–Trinajstić information content (AvgIpc) is 3.52. The number of phosphoric ester groups is 2. The number of hydrogen-bond acceptors (Lipinski definition) is 15. The number of rotatable bonds is 69. The van der Waals surface area contributed by atoms with Crippen molar-refractivity contribution in [3.8, 4) is 0 Å². The number of aliphatic hydroxyl groups is 1. The molecule has 3 unspecified atom stereocenters. The van der Waals surface area contributed by atoms with Gasteiger partial charge in [-0.25, -0.2) is 9.13 Å². The minimum Gasteiger partial charge on any atom is -0.462 e. The van der Waals surface area contributed by atoms with Gasteiger partial charge in [-0.15, -0.1) is 0 Å². The van der Waals surface area contributed by atoms with E-state index in [2.05, 4.69) is 34.6 Å². The van der Waals surface area contributed by atoms with Crippen molar-refractivity contribution in [3.63, 3.8) is 0 Å². The first-order valence-corrected chi connectivity index (χ1v) is 39.2. The number of carbonyl (C=O) groups is 4. The fourth-order valence-corrected chi connectivity index (χ4v) is 12.0. The molecular formula is C69H134O17P2. The molecule has 0 bridgehead atoms. The maximum Gasteiger partial charge on any atom is 0.472 e. The molecule has 0 rings (SSSR count). The van der Waals surface area contributed by atoms with Gasteiger partial charge in [-0.2, -0.15) is 0 Å². The molecule has 88 heavy (non-hydrogen) atoms. The molecule has 0 aromatic rings. The van der Waals surface area contributed by atoms with Gasteiger partial charge in [0.15, 0.2) is 12.2 Å². The van der Waals surface area contributed by atoms with Crippen molar-refractivity contribution < 1.29 is 80.2 Å². The zero-order valence-electron chi connectivity index (χ0n) is 56.9. The minimum absolute atomic E-state index is 0.105. The number of phosphoric acid groups is 2. The number of ether oxygens (including phenoxy) is 4. The molecule has 6 atom stereocenters. The van der Waals surface area contributed by atoms with Crippen LogP contribution in [0.1, 0.15) is 356 Å². The Labute approximate surface area is 537 Å². The molecule has 0 aromatic heterocycles. The second-order valence-electron chi connectivity index (χ2n) is 25.2. The van der Waals surface area contributed by atoms with Crippen molar-refractivity contribution in [3.05, 3.63) is 0 Å². The average molecular weight is 1300 g/mol. The molecule has 0 heterocycles. The summed E-state index contributed by atoms with van der Waals surface area (Å²) in [4.78, 5) is 72.2. The first kappa shape index (κ1) is 86.1. The largest absolute Gasteiger partial charge is 0.472 e. The Kier molecular flexibility index (Phi) is 61.1. The molecule has 0 aliphatic heterocycles. The van der Waals surface area contributed by atoms with E-state index in [1.165, 1.54) is 161 Å². The van der Waals surface area contributed by atoms with Crippen molar-refractivity contribution in [1.82, 2.24) is 0 Å². The molecule has 0 saturated carbocycles. The van der Waals surface area contributed by atoms with Gasteiger partial charge in [-0.05, 0) is 31.6 Å². The number of unbranched alkanes of at least 4 members (excludes halogenated alkanes) is 40. The lowest BCUT2D eigenvalue weighted by molar-refractivity contribution is -0.161. The van der Waals surface area contributed by atoms with Gasteiger partial charge in [0.05, 0.1) is 26.4 Å². The predicted molar refractivity (Wildman–Crippen MR) is 354 cm³/mol. The summed E-state index contributed by atoms with van der Waals surface area (Å²) in [7, 11) is -9.88. The molecule has 0 radical (unpaired) electrons. The van der Waals surface area contributed by atoms with Crippen LogP contribution in [0.2, 0.25) is 0 Å². The number of hydrogen-bond donors (Lipinski definition) is 3. The smallest absolute Gasteiger partial charge is 0.462 e. The Morgan fingerprint density at radius 1 is 0.318 bits per heavy atom. The topological polar surface area (TPSA) is 237 Å². The van der Waals surface area contributed by atoms with E-state index in [4.69, 9.17) is 37.0 Å². The molecule has 0 aliphatic rings. The third-order valence-corrected chi connectivity index (χ3v) is 18.3. The van der Waals surface area contributed by atoms with Crippen LogP contribution >= 0.6 is 15.6 Å². The van der Waals surface area contributed by atoms with E-state index in [1.54, 1.807) is 0 Å². The van der Waals surface area contributed by atoms with Crippen LogP contribution in [0, 0.1) is 5.92 Å². The van der Waals surface area contributed by atoms with Crippen LogP contribution in [0.4, 0.5) is 0 Å². The standard InChI is InChI=1S/C69H134O17P2/c1-6-10-13-16-19-21-30-34-39-43-48-53-67(72)80-59-65(86-69(74)55-50-45-40-35-32-29-27-25-23-22-24-26-28-31-33-37-41-46-51-62(5)9-4)61-84-88(77,78)82-57-63(70)56-81-87(75,76)83-60-64(58-79-66(71)52-47-42-36-18-15-12-8-3)85-68(73)54-49-44-38-20-17-14-11-7-2/h62-65,70H,6-61H2,1-5H3,(H,75,76)(H,77,78)/t62?,63-,64+,65+/m0/s1. The molecule has 0 aliphatic carbocycles. The van der Waals surface area contributed by atoms with Gasteiger partial charge >= 0.3 is 39.5 Å². The fraction of sp³-hybridized carbons (Fsp3) is 0.942. The number of aliphatic hydroxyl groups excluding tert-OH is 1. The van der Waals surface area contributed by atoms with Crippen molar-refractivity contribution in [1.29, 1.82) is 0 Å². The highest BCUT2D eigenvalue weighted by atomic mass is 31.2. The van der Waals surface area contributed by atoms with Crippen LogP contribution in [-0.4, -0.2) is 96.7 Å². The normalized spacial score (nSPS) is 14.4. The Morgan fingerprint density at radius 2 is 0.545 bits per heavy atom. The first-order chi connectivity index (χ1) is 42.6. The molecule has 17 nitrogen and oxygen atoms in total. The zero-order chi connectivity index (χ0) is 64.9. The number of esters is 4. The summed E-state index contributed by atoms with van der Waals surface area (Å²) in [5.41, 5.74) is 0. The van der Waals surface area contributed by atoms with Gasteiger partial charge in [0, 0.05) is 25.7 Å². The molecule has 0 fully saturated rings. The third kappa shape index (κ3) is 61.6.